The highest BCUT2D eigenvalue weighted by Crippen LogP contribution is 2.33. The van der Waals surface area contributed by atoms with Gasteiger partial charge in [-0.3, -0.25) is 9.89 Å². The highest BCUT2D eigenvalue weighted by atomic mass is 32.1. The molecule has 1 saturated heterocycles. The van der Waals surface area contributed by atoms with Crippen molar-refractivity contribution < 1.29 is 9.53 Å². The van der Waals surface area contributed by atoms with Crippen molar-refractivity contribution in [1.82, 2.24) is 10.2 Å². The summed E-state index contributed by atoms with van der Waals surface area (Å²) in [6.45, 7) is 2.68. The summed E-state index contributed by atoms with van der Waals surface area (Å²) in [6.07, 6.45) is 3.19. The Labute approximate surface area is 115 Å². The molecule has 2 aromatic rings. The van der Waals surface area contributed by atoms with E-state index in [-0.39, 0.29) is 12.0 Å². The molecule has 0 aliphatic carbocycles. The van der Waals surface area contributed by atoms with Gasteiger partial charge in [-0.15, -0.1) is 11.3 Å². The number of aromatic amines is 1. The molecule has 3 heterocycles. The van der Waals surface area contributed by atoms with Crippen LogP contribution in [0.15, 0.2) is 18.3 Å². The zero-order chi connectivity index (χ0) is 13.2. The van der Waals surface area contributed by atoms with Gasteiger partial charge in [-0.25, -0.2) is 0 Å². The highest BCUT2D eigenvalue weighted by Gasteiger charge is 2.24. The van der Waals surface area contributed by atoms with Crippen molar-refractivity contribution in [1.29, 1.82) is 0 Å². The number of ether oxygens (including phenoxy) is 1. The van der Waals surface area contributed by atoms with Gasteiger partial charge in [-0.05, 0) is 31.9 Å². The molecule has 1 atom stereocenters. The van der Waals surface area contributed by atoms with Crippen molar-refractivity contribution in [2.75, 3.05) is 11.9 Å². The fourth-order valence-electron chi connectivity index (χ4n) is 2.13. The van der Waals surface area contributed by atoms with Crippen molar-refractivity contribution in [2.24, 2.45) is 0 Å². The van der Waals surface area contributed by atoms with Crippen LogP contribution in [0.5, 0.6) is 0 Å². The second-order valence-corrected chi connectivity index (χ2v) is 5.80. The monoisotopic (exact) mass is 277 g/mol. The number of aromatic nitrogens is 2. The standard InChI is InChI=1S/C13H15N3O2S/c1-8-10(15-13(17)11-3-2-6-18-11)7-12(19-8)9-4-5-14-16-9/h4-5,7,11H,2-3,6H2,1H3,(H,14,16)(H,15,17). The lowest BCUT2D eigenvalue weighted by atomic mass is 10.2. The molecule has 0 spiro atoms. The van der Waals surface area contributed by atoms with Gasteiger partial charge in [-0.2, -0.15) is 5.10 Å². The van der Waals surface area contributed by atoms with E-state index in [9.17, 15) is 4.79 Å². The van der Waals surface area contributed by atoms with E-state index in [0.717, 1.165) is 34.0 Å². The second-order valence-electron chi connectivity index (χ2n) is 4.54. The third-order valence-electron chi connectivity index (χ3n) is 3.16. The van der Waals surface area contributed by atoms with Crippen LogP contribution in [0.4, 0.5) is 5.69 Å². The van der Waals surface area contributed by atoms with Crippen LogP contribution in [-0.2, 0) is 9.53 Å². The average molecular weight is 277 g/mol. The molecule has 1 amide bonds. The maximum absolute atomic E-state index is 12.0. The van der Waals surface area contributed by atoms with Crippen LogP contribution in [0, 0.1) is 6.92 Å². The Bertz CT molecular complexity index is 571. The van der Waals surface area contributed by atoms with Crippen LogP contribution in [0.1, 0.15) is 17.7 Å². The Morgan fingerprint density at radius 1 is 1.63 bits per heavy atom. The van der Waals surface area contributed by atoms with E-state index < -0.39 is 0 Å². The topological polar surface area (TPSA) is 67.0 Å². The first-order valence-corrected chi connectivity index (χ1v) is 7.08. The molecule has 100 valence electrons. The van der Waals surface area contributed by atoms with Crippen molar-refractivity contribution in [3.63, 3.8) is 0 Å². The smallest absolute Gasteiger partial charge is 0.253 e. The molecule has 0 bridgehead atoms. The molecule has 1 unspecified atom stereocenters. The summed E-state index contributed by atoms with van der Waals surface area (Å²) >= 11 is 1.63. The minimum Gasteiger partial charge on any atom is -0.368 e. The lowest BCUT2D eigenvalue weighted by Gasteiger charge is -2.09. The fourth-order valence-corrected chi connectivity index (χ4v) is 3.08. The number of aryl methyl sites for hydroxylation is 1. The van der Waals surface area contributed by atoms with Crippen molar-refractivity contribution in [3.05, 3.63) is 23.2 Å². The van der Waals surface area contributed by atoms with Gasteiger partial charge in [0, 0.05) is 17.7 Å². The third-order valence-corrected chi connectivity index (χ3v) is 4.25. The van der Waals surface area contributed by atoms with E-state index in [0.29, 0.717) is 6.61 Å². The number of carbonyl (C=O) groups excluding carboxylic acids is 1. The van der Waals surface area contributed by atoms with Gasteiger partial charge in [-0.1, -0.05) is 0 Å². The van der Waals surface area contributed by atoms with Crippen LogP contribution in [0.3, 0.4) is 0 Å². The number of hydrogen-bond donors (Lipinski definition) is 2. The lowest BCUT2D eigenvalue weighted by Crippen LogP contribution is -2.26. The van der Waals surface area contributed by atoms with E-state index >= 15 is 0 Å². The normalized spacial score (nSPS) is 18.7. The van der Waals surface area contributed by atoms with E-state index in [4.69, 9.17) is 4.74 Å². The number of nitrogens with zero attached hydrogens (tertiary/aromatic N) is 1. The molecule has 6 heteroatoms. The number of carbonyl (C=O) groups is 1. The molecule has 0 aromatic carbocycles. The van der Waals surface area contributed by atoms with E-state index in [2.05, 4.69) is 15.5 Å². The third kappa shape index (κ3) is 2.54. The number of thiophene rings is 1. The van der Waals surface area contributed by atoms with Gasteiger partial charge >= 0.3 is 0 Å². The fraction of sp³-hybridized carbons (Fsp3) is 0.385. The number of hydrogen-bond acceptors (Lipinski definition) is 4. The van der Waals surface area contributed by atoms with Gasteiger partial charge in [0.1, 0.15) is 6.10 Å². The summed E-state index contributed by atoms with van der Waals surface area (Å²) < 4.78 is 5.38. The Morgan fingerprint density at radius 3 is 3.21 bits per heavy atom. The van der Waals surface area contributed by atoms with Gasteiger partial charge < -0.3 is 10.1 Å². The van der Waals surface area contributed by atoms with Crippen LogP contribution >= 0.6 is 11.3 Å². The van der Waals surface area contributed by atoms with E-state index in [1.807, 2.05) is 19.1 Å². The van der Waals surface area contributed by atoms with Crippen molar-refractivity contribution in [3.8, 4) is 10.6 Å². The maximum Gasteiger partial charge on any atom is 0.253 e. The van der Waals surface area contributed by atoms with Gasteiger partial charge in [0.2, 0.25) is 0 Å². The zero-order valence-electron chi connectivity index (χ0n) is 10.6. The summed E-state index contributed by atoms with van der Waals surface area (Å²) in [6, 6.07) is 3.89. The maximum atomic E-state index is 12.0. The number of anilines is 1. The Morgan fingerprint density at radius 2 is 2.53 bits per heavy atom. The summed E-state index contributed by atoms with van der Waals surface area (Å²) in [5.41, 5.74) is 1.82. The molecular formula is C13H15N3O2S. The molecule has 1 fully saturated rings. The SMILES string of the molecule is Cc1sc(-c2ccn[nH]2)cc1NC(=O)C1CCCO1. The molecule has 19 heavy (non-hydrogen) atoms. The largest absolute Gasteiger partial charge is 0.368 e. The van der Waals surface area contributed by atoms with E-state index in [1.165, 1.54) is 0 Å². The summed E-state index contributed by atoms with van der Waals surface area (Å²) in [5, 5.41) is 9.81. The van der Waals surface area contributed by atoms with Crippen LogP contribution in [0.25, 0.3) is 10.6 Å². The number of rotatable bonds is 3. The van der Waals surface area contributed by atoms with Crippen LogP contribution < -0.4 is 5.32 Å². The first kappa shape index (κ1) is 12.4. The molecule has 2 N–H and O–H groups in total. The minimum absolute atomic E-state index is 0.0467. The first-order chi connectivity index (χ1) is 9.24. The average Bonchev–Trinajstić information content (AvgIpc) is 3.09. The Kier molecular flexibility index (Phi) is 3.35. The highest BCUT2D eigenvalue weighted by molar-refractivity contribution is 7.16. The second kappa shape index (κ2) is 5.14. The Balaban J connectivity index is 1.76. The Hall–Kier alpha value is -1.66. The van der Waals surface area contributed by atoms with Crippen LogP contribution in [0.2, 0.25) is 0 Å². The number of amides is 1. The first-order valence-electron chi connectivity index (χ1n) is 6.26. The molecule has 2 aromatic heterocycles. The van der Waals surface area contributed by atoms with Gasteiger partial charge in [0.25, 0.3) is 5.91 Å². The molecule has 1 aliphatic heterocycles. The number of nitrogens with one attached hydrogen (secondary N) is 2. The molecule has 0 saturated carbocycles. The minimum atomic E-state index is -0.296. The quantitative estimate of drug-likeness (QED) is 0.906. The summed E-state index contributed by atoms with van der Waals surface area (Å²) in [4.78, 5) is 14.2. The van der Waals surface area contributed by atoms with Gasteiger partial charge in [0.15, 0.2) is 0 Å². The zero-order valence-corrected chi connectivity index (χ0v) is 11.4. The van der Waals surface area contributed by atoms with Crippen molar-refractivity contribution in [2.45, 2.75) is 25.9 Å². The molecule has 1 aliphatic rings. The lowest BCUT2D eigenvalue weighted by molar-refractivity contribution is -0.124. The summed E-state index contributed by atoms with van der Waals surface area (Å²) in [5.74, 6) is -0.0467. The molecule has 3 rings (SSSR count). The van der Waals surface area contributed by atoms with Crippen molar-refractivity contribution >= 4 is 22.9 Å². The number of H-pyrrole nitrogens is 1. The predicted molar refractivity (Wildman–Crippen MR) is 74.2 cm³/mol. The van der Waals surface area contributed by atoms with Gasteiger partial charge in [0.05, 0.1) is 16.3 Å². The predicted octanol–water partition coefficient (Wildman–Crippen LogP) is 2.56. The van der Waals surface area contributed by atoms with E-state index in [1.54, 1.807) is 17.5 Å². The molecule has 5 nitrogen and oxygen atoms in total. The molecular weight excluding hydrogens is 262 g/mol. The summed E-state index contributed by atoms with van der Waals surface area (Å²) in [7, 11) is 0. The molecule has 0 radical (unpaired) electrons. The van der Waals surface area contributed by atoms with Crippen LogP contribution in [-0.4, -0.2) is 28.8 Å².